The number of carbonyl (C=O) groups excluding carboxylic acids is 1. The molecular formula is C10H7ClIN3OS. The summed E-state index contributed by atoms with van der Waals surface area (Å²) in [6.07, 6.45) is 0. The van der Waals surface area contributed by atoms with Gasteiger partial charge in [-0.2, -0.15) is 0 Å². The van der Waals surface area contributed by atoms with E-state index in [1.807, 2.05) is 6.92 Å². The molecule has 1 amide bonds. The van der Waals surface area contributed by atoms with Crippen LogP contribution in [0.4, 0.5) is 5.13 Å². The van der Waals surface area contributed by atoms with Gasteiger partial charge in [0.15, 0.2) is 0 Å². The van der Waals surface area contributed by atoms with Crippen molar-refractivity contribution in [2.24, 2.45) is 0 Å². The number of rotatable bonds is 2. The highest BCUT2D eigenvalue weighted by atomic mass is 127. The molecule has 7 heteroatoms. The number of aryl methyl sites for hydroxylation is 1. The van der Waals surface area contributed by atoms with E-state index in [4.69, 9.17) is 11.6 Å². The first-order valence-corrected chi connectivity index (χ1v) is 6.90. The van der Waals surface area contributed by atoms with Gasteiger partial charge >= 0.3 is 0 Å². The average Bonchev–Trinajstić information content (AvgIpc) is 2.68. The third-order valence-corrected chi connectivity index (χ3v) is 4.25. The summed E-state index contributed by atoms with van der Waals surface area (Å²) in [5.41, 5.74) is 0.503. The van der Waals surface area contributed by atoms with E-state index in [1.54, 1.807) is 18.2 Å². The Hall–Kier alpha value is -0.730. The fourth-order valence-corrected chi connectivity index (χ4v) is 2.26. The van der Waals surface area contributed by atoms with Crippen LogP contribution in [0.15, 0.2) is 18.2 Å². The van der Waals surface area contributed by atoms with Crippen molar-refractivity contribution in [2.45, 2.75) is 6.92 Å². The van der Waals surface area contributed by atoms with Crippen molar-refractivity contribution in [3.63, 3.8) is 0 Å². The topological polar surface area (TPSA) is 54.9 Å². The maximum absolute atomic E-state index is 11.9. The second-order valence-corrected chi connectivity index (χ2v) is 5.96. The van der Waals surface area contributed by atoms with Crippen LogP contribution < -0.4 is 5.32 Å². The van der Waals surface area contributed by atoms with Crippen molar-refractivity contribution < 1.29 is 4.79 Å². The largest absolute Gasteiger partial charge is 0.296 e. The van der Waals surface area contributed by atoms with Crippen LogP contribution in [0.2, 0.25) is 5.02 Å². The highest BCUT2D eigenvalue weighted by Crippen LogP contribution is 2.21. The average molecular weight is 380 g/mol. The molecule has 0 unspecified atom stereocenters. The molecule has 2 aromatic rings. The van der Waals surface area contributed by atoms with E-state index in [2.05, 4.69) is 38.1 Å². The molecule has 0 aliphatic rings. The van der Waals surface area contributed by atoms with E-state index in [0.717, 1.165) is 8.58 Å². The fourth-order valence-electron chi connectivity index (χ4n) is 1.15. The van der Waals surface area contributed by atoms with E-state index in [1.165, 1.54) is 11.3 Å². The van der Waals surface area contributed by atoms with Crippen LogP contribution in [0.5, 0.6) is 0 Å². The predicted molar refractivity (Wildman–Crippen MR) is 76.8 cm³/mol. The number of nitrogens with one attached hydrogen (secondary N) is 1. The molecule has 1 aromatic heterocycles. The molecule has 0 saturated heterocycles. The summed E-state index contributed by atoms with van der Waals surface area (Å²) in [7, 11) is 0. The number of aromatic nitrogens is 2. The number of halogens is 2. The third-order valence-electron chi connectivity index (χ3n) is 1.93. The Morgan fingerprint density at radius 1 is 1.47 bits per heavy atom. The molecule has 0 bridgehead atoms. The summed E-state index contributed by atoms with van der Waals surface area (Å²) < 4.78 is 0.910. The monoisotopic (exact) mass is 379 g/mol. The van der Waals surface area contributed by atoms with Gasteiger partial charge in [0.1, 0.15) is 5.01 Å². The van der Waals surface area contributed by atoms with Crippen LogP contribution in [-0.4, -0.2) is 16.1 Å². The molecule has 88 valence electrons. The number of benzene rings is 1. The molecular weight excluding hydrogens is 373 g/mol. The zero-order valence-corrected chi connectivity index (χ0v) is 12.4. The van der Waals surface area contributed by atoms with Gasteiger partial charge in [-0.1, -0.05) is 22.9 Å². The van der Waals surface area contributed by atoms with Gasteiger partial charge in [-0.15, -0.1) is 10.2 Å². The third kappa shape index (κ3) is 3.14. The van der Waals surface area contributed by atoms with Gasteiger partial charge in [0.2, 0.25) is 5.13 Å². The molecule has 0 aliphatic heterocycles. The lowest BCUT2D eigenvalue weighted by Crippen LogP contribution is -2.11. The van der Waals surface area contributed by atoms with Crippen LogP contribution in [-0.2, 0) is 0 Å². The minimum absolute atomic E-state index is 0.237. The molecule has 0 aliphatic carbocycles. The Labute approximate surface area is 121 Å². The van der Waals surface area contributed by atoms with Gasteiger partial charge in [0.05, 0.1) is 5.02 Å². The molecule has 17 heavy (non-hydrogen) atoms. The van der Waals surface area contributed by atoms with Crippen LogP contribution in [0.1, 0.15) is 15.4 Å². The van der Waals surface area contributed by atoms with Crippen LogP contribution in [0.25, 0.3) is 0 Å². The standard InChI is InChI=1S/C10H7ClIN3OS/c1-5-14-15-10(17-5)13-9(16)6-2-3-8(12)7(11)4-6/h2-4H,1H3,(H,13,15,16). The first kappa shape index (κ1) is 12.7. The van der Waals surface area contributed by atoms with Gasteiger partial charge in [-0.25, -0.2) is 0 Å². The molecule has 1 heterocycles. The SMILES string of the molecule is Cc1nnc(NC(=O)c2ccc(I)c(Cl)c2)s1. The number of amides is 1. The van der Waals surface area contributed by atoms with Crippen molar-refractivity contribution >= 4 is 56.6 Å². The normalized spacial score (nSPS) is 10.3. The lowest BCUT2D eigenvalue weighted by Gasteiger charge is -2.02. The maximum atomic E-state index is 11.9. The molecule has 0 fully saturated rings. The summed E-state index contributed by atoms with van der Waals surface area (Å²) in [5, 5.41) is 12.2. The number of hydrogen-bond donors (Lipinski definition) is 1. The van der Waals surface area contributed by atoms with Gasteiger partial charge in [0, 0.05) is 9.13 Å². The number of hydrogen-bond acceptors (Lipinski definition) is 4. The Morgan fingerprint density at radius 2 is 2.24 bits per heavy atom. The van der Waals surface area contributed by atoms with E-state index in [9.17, 15) is 4.79 Å². The molecule has 0 saturated carbocycles. The van der Waals surface area contributed by atoms with Crippen molar-refractivity contribution in [1.29, 1.82) is 0 Å². The second-order valence-electron chi connectivity index (χ2n) is 3.21. The molecule has 2 rings (SSSR count). The Morgan fingerprint density at radius 3 is 2.82 bits per heavy atom. The fraction of sp³-hybridized carbons (Fsp3) is 0.100. The minimum Gasteiger partial charge on any atom is -0.296 e. The van der Waals surface area contributed by atoms with Gasteiger partial charge in [0.25, 0.3) is 5.91 Å². The summed E-state index contributed by atoms with van der Waals surface area (Å²) in [5.74, 6) is -0.237. The lowest BCUT2D eigenvalue weighted by molar-refractivity contribution is 0.102. The first-order valence-electron chi connectivity index (χ1n) is 4.63. The number of nitrogens with zero attached hydrogens (tertiary/aromatic N) is 2. The van der Waals surface area contributed by atoms with Crippen LogP contribution >= 0.6 is 45.5 Å². The Kier molecular flexibility index (Phi) is 3.95. The summed E-state index contributed by atoms with van der Waals surface area (Å²) in [6, 6.07) is 5.15. The van der Waals surface area contributed by atoms with Crippen molar-refractivity contribution in [3.05, 3.63) is 37.4 Å². The van der Waals surface area contributed by atoms with Gasteiger partial charge in [-0.05, 0) is 47.7 Å². The smallest absolute Gasteiger partial charge is 0.257 e. The quantitative estimate of drug-likeness (QED) is 0.814. The van der Waals surface area contributed by atoms with Crippen LogP contribution in [0, 0.1) is 10.5 Å². The number of carbonyl (C=O) groups is 1. The van der Waals surface area contributed by atoms with Crippen LogP contribution in [0.3, 0.4) is 0 Å². The predicted octanol–water partition coefficient (Wildman–Crippen LogP) is 3.36. The van der Waals surface area contributed by atoms with E-state index in [-0.39, 0.29) is 5.91 Å². The molecule has 1 N–H and O–H groups in total. The molecule has 1 aromatic carbocycles. The molecule has 0 spiro atoms. The van der Waals surface area contributed by atoms with Crippen molar-refractivity contribution in [2.75, 3.05) is 5.32 Å². The highest BCUT2D eigenvalue weighted by Gasteiger charge is 2.10. The Bertz CT molecular complexity index is 572. The zero-order chi connectivity index (χ0) is 12.4. The maximum Gasteiger partial charge on any atom is 0.257 e. The van der Waals surface area contributed by atoms with Crippen molar-refractivity contribution in [3.8, 4) is 0 Å². The molecule has 0 radical (unpaired) electrons. The van der Waals surface area contributed by atoms with Crippen molar-refractivity contribution in [1.82, 2.24) is 10.2 Å². The summed E-state index contributed by atoms with van der Waals surface area (Å²) in [4.78, 5) is 11.9. The molecule has 0 atom stereocenters. The summed E-state index contributed by atoms with van der Waals surface area (Å²) in [6.45, 7) is 1.83. The lowest BCUT2D eigenvalue weighted by atomic mass is 10.2. The van der Waals surface area contributed by atoms with Gasteiger partial charge in [-0.3, -0.25) is 10.1 Å². The van der Waals surface area contributed by atoms with E-state index >= 15 is 0 Å². The van der Waals surface area contributed by atoms with E-state index < -0.39 is 0 Å². The van der Waals surface area contributed by atoms with Gasteiger partial charge < -0.3 is 0 Å². The highest BCUT2D eigenvalue weighted by molar-refractivity contribution is 14.1. The summed E-state index contributed by atoms with van der Waals surface area (Å²) >= 11 is 9.39. The van der Waals surface area contributed by atoms with E-state index in [0.29, 0.717) is 15.7 Å². The number of anilines is 1. The molecule has 4 nitrogen and oxygen atoms in total. The Balaban J connectivity index is 2.17. The zero-order valence-electron chi connectivity index (χ0n) is 8.70. The minimum atomic E-state index is -0.237. The first-order chi connectivity index (χ1) is 8.06. The second kappa shape index (κ2) is 5.28.